The number of hydrogen-bond donors (Lipinski definition) is 2. The standard InChI is InChI=1S/C17H19FN2O2/c1-3-22-14-7-5-13(6-8-14)20-17(21)11-19-16-9-4-12(2)10-15(16)18/h4-10,19H,3,11H2,1-2H3,(H,20,21). The van der Waals surface area contributed by atoms with Crippen molar-refractivity contribution < 1.29 is 13.9 Å². The maximum atomic E-state index is 13.6. The van der Waals surface area contributed by atoms with Gasteiger partial charge in [0.25, 0.3) is 0 Å². The number of amides is 1. The van der Waals surface area contributed by atoms with E-state index in [2.05, 4.69) is 10.6 Å². The van der Waals surface area contributed by atoms with E-state index in [1.54, 1.807) is 36.4 Å². The van der Waals surface area contributed by atoms with Crippen molar-refractivity contribution >= 4 is 17.3 Å². The van der Waals surface area contributed by atoms with Crippen molar-refractivity contribution in [2.45, 2.75) is 13.8 Å². The molecule has 0 fully saturated rings. The average molecular weight is 302 g/mol. The van der Waals surface area contributed by atoms with Gasteiger partial charge < -0.3 is 15.4 Å². The smallest absolute Gasteiger partial charge is 0.243 e. The van der Waals surface area contributed by atoms with Crippen molar-refractivity contribution in [1.82, 2.24) is 0 Å². The third-order valence-corrected chi connectivity index (χ3v) is 3.01. The quantitative estimate of drug-likeness (QED) is 0.857. The molecule has 0 radical (unpaired) electrons. The summed E-state index contributed by atoms with van der Waals surface area (Å²) in [6.45, 7) is 4.31. The van der Waals surface area contributed by atoms with E-state index in [1.165, 1.54) is 6.07 Å². The molecule has 22 heavy (non-hydrogen) atoms. The van der Waals surface area contributed by atoms with E-state index in [0.717, 1.165) is 11.3 Å². The zero-order chi connectivity index (χ0) is 15.9. The Morgan fingerprint density at radius 2 is 1.91 bits per heavy atom. The van der Waals surface area contributed by atoms with Gasteiger partial charge in [-0.05, 0) is 55.8 Å². The molecule has 2 rings (SSSR count). The maximum absolute atomic E-state index is 13.6. The molecule has 0 unspecified atom stereocenters. The van der Waals surface area contributed by atoms with Crippen LogP contribution in [0.25, 0.3) is 0 Å². The van der Waals surface area contributed by atoms with E-state index in [9.17, 15) is 9.18 Å². The van der Waals surface area contributed by atoms with E-state index >= 15 is 0 Å². The molecule has 0 spiro atoms. The Morgan fingerprint density at radius 1 is 1.18 bits per heavy atom. The van der Waals surface area contributed by atoms with E-state index in [4.69, 9.17) is 4.74 Å². The first kappa shape index (κ1) is 15.8. The molecule has 4 nitrogen and oxygen atoms in total. The van der Waals surface area contributed by atoms with Gasteiger partial charge in [-0.1, -0.05) is 6.07 Å². The Hall–Kier alpha value is -2.56. The number of rotatable bonds is 6. The molecular formula is C17H19FN2O2. The van der Waals surface area contributed by atoms with Gasteiger partial charge in [0.05, 0.1) is 18.8 Å². The monoisotopic (exact) mass is 302 g/mol. The number of ether oxygens (including phenoxy) is 1. The van der Waals surface area contributed by atoms with Gasteiger partial charge in [-0.2, -0.15) is 0 Å². The second-order valence-electron chi connectivity index (χ2n) is 4.84. The number of halogens is 1. The van der Waals surface area contributed by atoms with Gasteiger partial charge in [-0.3, -0.25) is 4.79 Å². The SMILES string of the molecule is CCOc1ccc(NC(=O)CNc2ccc(C)cc2F)cc1. The summed E-state index contributed by atoms with van der Waals surface area (Å²) in [5.74, 6) is 0.137. The second kappa shape index (κ2) is 7.45. The van der Waals surface area contributed by atoms with Crippen LogP contribution in [-0.4, -0.2) is 19.1 Å². The Labute approximate surface area is 129 Å². The predicted molar refractivity (Wildman–Crippen MR) is 85.9 cm³/mol. The van der Waals surface area contributed by atoms with Gasteiger partial charge in [0.1, 0.15) is 11.6 Å². The lowest BCUT2D eigenvalue weighted by Gasteiger charge is -2.09. The largest absolute Gasteiger partial charge is 0.494 e. The second-order valence-corrected chi connectivity index (χ2v) is 4.84. The highest BCUT2D eigenvalue weighted by Gasteiger charge is 2.06. The topological polar surface area (TPSA) is 50.4 Å². The molecule has 5 heteroatoms. The maximum Gasteiger partial charge on any atom is 0.243 e. The van der Waals surface area contributed by atoms with Crippen LogP contribution in [0.4, 0.5) is 15.8 Å². The van der Waals surface area contributed by atoms with Gasteiger partial charge in [-0.15, -0.1) is 0 Å². The third-order valence-electron chi connectivity index (χ3n) is 3.01. The molecule has 0 aliphatic rings. The van der Waals surface area contributed by atoms with Crippen LogP contribution >= 0.6 is 0 Å². The summed E-state index contributed by atoms with van der Waals surface area (Å²) in [4.78, 5) is 11.8. The molecule has 116 valence electrons. The van der Waals surface area contributed by atoms with E-state index < -0.39 is 0 Å². The number of carbonyl (C=O) groups is 1. The average Bonchev–Trinajstić information content (AvgIpc) is 2.49. The highest BCUT2D eigenvalue weighted by Crippen LogP contribution is 2.16. The molecule has 0 aromatic heterocycles. The molecule has 0 saturated carbocycles. The van der Waals surface area contributed by atoms with Crippen molar-refractivity contribution in [2.24, 2.45) is 0 Å². The number of anilines is 2. The predicted octanol–water partition coefficient (Wildman–Crippen LogP) is 3.58. The highest BCUT2D eigenvalue weighted by molar-refractivity contribution is 5.93. The van der Waals surface area contributed by atoms with E-state index in [0.29, 0.717) is 18.0 Å². The minimum atomic E-state index is -0.367. The third kappa shape index (κ3) is 4.48. The zero-order valence-corrected chi connectivity index (χ0v) is 12.7. The van der Waals surface area contributed by atoms with Gasteiger partial charge in [-0.25, -0.2) is 4.39 Å². The summed E-state index contributed by atoms with van der Waals surface area (Å²) in [5, 5.41) is 5.51. The molecule has 0 atom stereocenters. The molecule has 2 aromatic carbocycles. The highest BCUT2D eigenvalue weighted by atomic mass is 19.1. The van der Waals surface area contributed by atoms with Crippen molar-refractivity contribution in [2.75, 3.05) is 23.8 Å². The van der Waals surface area contributed by atoms with Crippen LogP contribution in [0.1, 0.15) is 12.5 Å². The van der Waals surface area contributed by atoms with Crippen molar-refractivity contribution in [3.8, 4) is 5.75 Å². The first-order valence-electron chi connectivity index (χ1n) is 7.11. The summed E-state index contributed by atoms with van der Waals surface area (Å²) >= 11 is 0. The molecule has 0 bridgehead atoms. The number of aryl methyl sites for hydroxylation is 1. The molecule has 0 saturated heterocycles. The van der Waals surface area contributed by atoms with Crippen LogP contribution in [0, 0.1) is 12.7 Å². The molecule has 0 aliphatic carbocycles. The number of nitrogens with one attached hydrogen (secondary N) is 2. The first-order valence-corrected chi connectivity index (χ1v) is 7.11. The van der Waals surface area contributed by atoms with Crippen LogP contribution in [0.5, 0.6) is 5.75 Å². The van der Waals surface area contributed by atoms with Gasteiger partial charge in [0, 0.05) is 5.69 Å². The summed E-state index contributed by atoms with van der Waals surface area (Å²) < 4.78 is 19.0. The van der Waals surface area contributed by atoms with Crippen molar-refractivity contribution in [3.63, 3.8) is 0 Å². The Bertz CT molecular complexity index is 642. The van der Waals surface area contributed by atoms with E-state index in [-0.39, 0.29) is 18.3 Å². The lowest BCUT2D eigenvalue weighted by Crippen LogP contribution is -2.22. The molecule has 2 N–H and O–H groups in total. The Morgan fingerprint density at radius 3 is 2.55 bits per heavy atom. The van der Waals surface area contributed by atoms with Crippen LogP contribution < -0.4 is 15.4 Å². The van der Waals surface area contributed by atoms with Crippen LogP contribution in [0.2, 0.25) is 0 Å². The summed E-state index contributed by atoms with van der Waals surface area (Å²) in [6.07, 6.45) is 0. The minimum absolute atomic E-state index is 0.00675. The Balaban J connectivity index is 1.87. The first-order chi connectivity index (χ1) is 10.6. The fourth-order valence-electron chi connectivity index (χ4n) is 1.95. The number of carbonyl (C=O) groups excluding carboxylic acids is 1. The summed E-state index contributed by atoms with van der Waals surface area (Å²) in [5.41, 5.74) is 1.81. The fraction of sp³-hybridized carbons (Fsp3) is 0.235. The normalized spacial score (nSPS) is 10.1. The van der Waals surface area contributed by atoms with Gasteiger partial charge in [0.2, 0.25) is 5.91 Å². The zero-order valence-electron chi connectivity index (χ0n) is 12.7. The molecular weight excluding hydrogens is 283 g/mol. The lowest BCUT2D eigenvalue weighted by atomic mass is 10.2. The van der Waals surface area contributed by atoms with Crippen LogP contribution in [0.15, 0.2) is 42.5 Å². The Kier molecular flexibility index (Phi) is 5.36. The van der Waals surface area contributed by atoms with Crippen molar-refractivity contribution in [1.29, 1.82) is 0 Å². The summed E-state index contributed by atoms with van der Waals surface area (Å²) in [6, 6.07) is 11.9. The van der Waals surface area contributed by atoms with Crippen LogP contribution in [-0.2, 0) is 4.79 Å². The number of benzene rings is 2. The molecule has 1 amide bonds. The van der Waals surface area contributed by atoms with Gasteiger partial charge in [0.15, 0.2) is 0 Å². The van der Waals surface area contributed by atoms with E-state index in [1.807, 2.05) is 13.8 Å². The molecule has 0 aliphatic heterocycles. The van der Waals surface area contributed by atoms with Gasteiger partial charge >= 0.3 is 0 Å². The number of hydrogen-bond acceptors (Lipinski definition) is 3. The molecule has 0 heterocycles. The lowest BCUT2D eigenvalue weighted by molar-refractivity contribution is -0.114. The molecule has 2 aromatic rings. The van der Waals surface area contributed by atoms with Crippen molar-refractivity contribution in [3.05, 3.63) is 53.8 Å². The minimum Gasteiger partial charge on any atom is -0.494 e. The fourth-order valence-corrected chi connectivity index (χ4v) is 1.95. The van der Waals surface area contributed by atoms with Crippen LogP contribution in [0.3, 0.4) is 0 Å². The summed E-state index contributed by atoms with van der Waals surface area (Å²) in [7, 11) is 0.